The third-order valence-corrected chi connectivity index (χ3v) is 2.84. The summed E-state index contributed by atoms with van der Waals surface area (Å²) in [4.78, 5) is 0. The van der Waals surface area contributed by atoms with Crippen LogP contribution in [0, 0.1) is 20.8 Å². The van der Waals surface area contributed by atoms with Crippen molar-refractivity contribution in [3.63, 3.8) is 0 Å². The lowest BCUT2D eigenvalue weighted by atomic mass is 10.1. The lowest BCUT2D eigenvalue weighted by Gasteiger charge is -2.03. The highest BCUT2D eigenvalue weighted by molar-refractivity contribution is 5.32. The highest BCUT2D eigenvalue weighted by Crippen LogP contribution is 2.16. The largest absolute Gasteiger partial charge is 0.330 e. The van der Waals surface area contributed by atoms with Crippen molar-refractivity contribution in [3.05, 3.63) is 34.8 Å². The third kappa shape index (κ3) is 2.19. The van der Waals surface area contributed by atoms with E-state index in [1.165, 1.54) is 5.56 Å². The summed E-state index contributed by atoms with van der Waals surface area (Å²) in [5.41, 5.74) is 9.80. The van der Waals surface area contributed by atoms with E-state index < -0.39 is 0 Å². The molecule has 2 N–H and O–H groups in total. The Hall–Kier alpha value is -1.75. The molecule has 0 aromatic carbocycles. The minimum atomic E-state index is 0.632. The third-order valence-electron chi connectivity index (χ3n) is 2.84. The molecule has 5 nitrogen and oxygen atoms in total. The zero-order valence-corrected chi connectivity index (χ0v) is 10.4. The van der Waals surface area contributed by atoms with Crippen LogP contribution >= 0.6 is 0 Å². The zero-order valence-electron chi connectivity index (χ0n) is 10.4. The normalized spacial score (nSPS) is 10.8. The Bertz CT molecular complexity index is 512. The summed E-state index contributed by atoms with van der Waals surface area (Å²) in [6, 6.07) is 3.86. The van der Waals surface area contributed by atoms with E-state index in [1.54, 1.807) is 0 Å². The van der Waals surface area contributed by atoms with Crippen LogP contribution in [-0.4, -0.2) is 26.5 Å². The van der Waals surface area contributed by atoms with Gasteiger partial charge in [0.25, 0.3) is 0 Å². The van der Waals surface area contributed by atoms with Crippen LogP contribution in [0.5, 0.6) is 0 Å². The van der Waals surface area contributed by atoms with Crippen molar-refractivity contribution >= 4 is 0 Å². The molecule has 2 heterocycles. The van der Waals surface area contributed by atoms with Crippen LogP contribution in [0.3, 0.4) is 0 Å². The lowest BCUT2D eigenvalue weighted by Crippen LogP contribution is -2.06. The van der Waals surface area contributed by atoms with E-state index in [-0.39, 0.29) is 0 Å². The zero-order chi connectivity index (χ0) is 12.4. The van der Waals surface area contributed by atoms with E-state index in [1.807, 2.05) is 37.6 Å². The molecule has 0 aliphatic carbocycles. The van der Waals surface area contributed by atoms with Crippen molar-refractivity contribution in [1.29, 1.82) is 0 Å². The Morgan fingerprint density at radius 2 is 1.94 bits per heavy atom. The van der Waals surface area contributed by atoms with Gasteiger partial charge in [-0.05, 0) is 51.4 Å². The lowest BCUT2D eigenvalue weighted by molar-refractivity contribution is 0.774. The van der Waals surface area contributed by atoms with Gasteiger partial charge in [-0.25, -0.2) is 4.68 Å². The fourth-order valence-corrected chi connectivity index (χ4v) is 1.91. The Kier molecular flexibility index (Phi) is 3.19. The topological polar surface area (TPSA) is 69.6 Å². The van der Waals surface area contributed by atoms with E-state index in [4.69, 9.17) is 5.73 Å². The number of nitrogens with two attached hydrogens (primary N) is 1. The minimum absolute atomic E-state index is 0.632. The summed E-state index contributed by atoms with van der Waals surface area (Å²) >= 11 is 0. The highest BCUT2D eigenvalue weighted by atomic mass is 15.3. The summed E-state index contributed by atoms with van der Waals surface area (Å²) in [5.74, 6) is 0.750. The van der Waals surface area contributed by atoms with E-state index in [0.29, 0.717) is 6.54 Å². The minimum Gasteiger partial charge on any atom is -0.330 e. The quantitative estimate of drug-likeness (QED) is 0.858. The van der Waals surface area contributed by atoms with Gasteiger partial charge in [0.05, 0.1) is 11.4 Å². The second-order valence-electron chi connectivity index (χ2n) is 4.13. The molecule has 0 aliphatic rings. The molecule has 17 heavy (non-hydrogen) atoms. The highest BCUT2D eigenvalue weighted by Gasteiger charge is 2.12. The molecule has 0 spiro atoms. The summed E-state index contributed by atoms with van der Waals surface area (Å²) < 4.78 is 1.83. The van der Waals surface area contributed by atoms with Gasteiger partial charge in [-0.3, -0.25) is 0 Å². The molecular weight excluding hydrogens is 214 g/mol. The van der Waals surface area contributed by atoms with E-state index in [2.05, 4.69) is 15.3 Å². The van der Waals surface area contributed by atoms with Gasteiger partial charge in [0.2, 0.25) is 0 Å². The molecule has 2 rings (SSSR count). The molecule has 0 saturated heterocycles. The number of aryl methyl sites for hydroxylation is 2. The van der Waals surface area contributed by atoms with Gasteiger partial charge in [-0.15, -0.1) is 5.10 Å². The Labute approximate surface area is 101 Å². The predicted octanol–water partition coefficient (Wildman–Crippen LogP) is 1.09. The molecule has 0 atom stereocenters. The van der Waals surface area contributed by atoms with Crippen LogP contribution in [0.2, 0.25) is 0 Å². The number of hydrogen-bond donors (Lipinski definition) is 1. The maximum Gasteiger partial charge on any atom is 0.175 e. The van der Waals surface area contributed by atoms with Gasteiger partial charge >= 0.3 is 0 Å². The average Bonchev–Trinajstić information content (AvgIpc) is 2.59. The number of hydrogen-bond acceptors (Lipinski definition) is 4. The molecule has 2 aromatic rings. The number of aromatic nitrogens is 4. The van der Waals surface area contributed by atoms with E-state index in [0.717, 1.165) is 29.3 Å². The molecule has 0 bridgehead atoms. The summed E-state index contributed by atoms with van der Waals surface area (Å²) in [5, 5.41) is 12.7. The summed E-state index contributed by atoms with van der Waals surface area (Å²) in [7, 11) is 0. The Balaban J connectivity index is 2.46. The van der Waals surface area contributed by atoms with E-state index >= 15 is 0 Å². The Morgan fingerprint density at radius 3 is 2.53 bits per heavy atom. The van der Waals surface area contributed by atoms with Crippen molar-refractivity contribution < 1.29 is 0 Å². The van der Waals surface area contributed by atoms with Crippen molar-refractivity contribution in [2.24, 2.45) is 5.73 Å². The van der Waals surface area contributed by atoms with E-state index in [9.17, 15) is 0 Å². The van der Waals surface area contributed by atoms with Gasteiger partial charge in [0.1, 0.15) is 0 Å². The van der Waals surface area contributed by atoms with Crippen LogP contribution in [0.15, 0.2) is 12.1 Å². The number of rotatable bonds is 3. The molecule has 5 heteroatoms. The fraction of sp³-hybridized carbons (Fsp3) is 0.417. The van der Waals surface area contributed by atoms with Crippen molar-refractivity contribution in [2.45, 2.75) is 27.2 Å². The molecular formula is C12H17N5. The van der Waals surface area contributed by atoms with Gasteiger partial charge < -0.3 is 5.73 Å². The SMILES string of the molecule is Cc1ccc(-n2nc(C)c(CCN)c2C)nn1. The summed E-state index contributed by atoms with van der Waals surface area (Å²) in [6.45, 7) is 6.58. The number of nitrogens with zero attached hydrogens (tertiary/aromatic N) is 4. The van der Waals surface area contributed by atoms with Crippen molar-refractivity contribution in [2.75, 3.05) is 6.54 Å². The first-order valence-corrected chi connectivity index (χ1v) is 5.69. The molecule has 90 valence electrons. The standard InChI is InChI=1S/C12H17N5/c1-8-4-5-12(15-14-8)17-10(3)11(6-7-13)9(2)16-17/h4-5H,6-7,13H2,1-3H3. The molecule has 0 saturated carbocycles. The van der Waals surface area contributed by atoms with Crippen LogP contribution in [0.4, 0.5) is 0 Å². The monoisotopic (exact) mass is 231 g/mol. The first kappa shape index (κ1) is 11.7. The van der Waals surface area contributed by atoms with Gasteiger partial charge in [0, 0.05) is 5.69 Å². The van der Waals surface area contributed by atoms with Gasteiger partial charge in [-0.1, -0.05) is 0 Å². The second-order valence-corrected chi connectivity index (χ2v) is 4.13. The molecule has 0 unspecified atom stereocenters. The summed E-state index contributed by atoms with van der Waals surface area (Å²) in [6.07, 6.45) is 0.844. The van der Waals surface area contributed by atoms with Crippen LogP contribution < -0.4 is 5.73 Å². The molecule has 0 aliphatic heterocycles. The van der Waals surface area contributed by atoms with Crippen molar-refractivity contribution in [3.8, 4) is 5.82 Å². The average molecular weight is 231 g/mol. The second kappa shape index (κ2) is 4.63. The van der Waals surface area contributed by atoms with Gasteiger partial charge in [0.15, 0.2) is 5.82 Å². The molecule has 2 aromatic heterocycles. The van der Waals surface area contributed by atoms with Crippen LogP contribution in [0.25, 0.3) is 5.82 Å². The predicted molar refractivity (Wildman–Crippen MR) is 66.1 cm³/mol. The molecule has 0 radical (unpaired) electrons. The van der Waals surface area contributed by atoms with Gasteiger partial charge in [-0.2, -0.15) is 10.2 Å². The van der Waals surface area contributed by atoms with Crippen LogP contribution in [-0.2, 0) is 6.42 Å². The smallest absolute Gasteiger partial charge is 0.175 e. The molecule has 0 fully saturated rings. The van der Waals surface area contributed by atoms with Crippen LogP contribution in [0.1, 0.15) is 22.6 Å². The molecule has 0 amide bonds. The first-order chi connectivity index (χ1) is 8.13. The maximum atomic E-state index is 5.60. The first-order valence-electron chi connectivity index (χ1n) is 5.69. The maximum absolute atomic E-state index is 5.60. The fourth-order valence-electron chi connectivity index (χ4n) is 1.91. The Morgan fingerprint density at radius 1 is 1.18 bits per heavy atom. The van der Waals surface area contributed by atoms with Crippen molar-refractivity contribution in [1.82, 2.24) is 20.0 Å².